The Morgan fingerprint density at radius 2 is 2.14 bits per heavy atom. The normalized spacial score (nSPS) is 13.1. The van der Waals surface area contributed by atoms with E-state index in [-0.39, 0.29) is 29.1 Å². The van der Waals surface area contributed by atoms with Crippen LogP contribution < -0.4 is 5.32 Å². The van der Waals surface area contributed by atoms with E-state index in [0.717, 1.165) is 6.20 Å². The van der Waals surface area contributed by atoms with Crippen molar-refractivity contribution >= 4 is 13.8 Å². The lowest BCUT2D eigenvalue weighted by atomic mass is 10.1. The second-order valence-corrected chi connectivity index (χ2v) is 5.26. The highest BCUT2D eigenvalue weighted by Gasteiger charge is 2.25. The molecule has 0 radical (unpaired) electrons. The maximum Gasteiger partial charge on any atom is 0.472 e. The van der Waals surface area contributed by atoms with Crippen molar-refractivity contribution in [3.8, 4) is 5.75 Å². The number of aryl methyl sites for hydroxylation is 1. The molecular formula is C10H15N2O8P. The Labute approximate surface area is 119 Å². The van der Waals surface area contributed by atoms with Gasteiger partial charge >= 0.3 is 13.8 Å². The molecule has 0 aromatic carbocycles. The van der Waals surface area contributed by atoms with Crippen LogP contribution in [-0.4, -0.2) is 42.6 Å². The van der Waals surface area contributed by atoms with E-state index in [0.29, 0.717) is 0 Å². The average Bonchev–Trinajstić information content (AvgIpc) is 2.31. The highest BCUT2D eigenvalue weighted by atomic mass is 31.2. The van der Waals surface area contributed by atoms with Gasteiger partial charge in [-0.25, -0.2) is 4.57 Å². The van der Waals surface area contributed by atoms with E-state index in [2.05, 4.69) is 14.8 Å². The van der Waals surface area contributed by atoms with Gasteiger partial charge in [0.1, 0.15) is 5.75 Å². The van der Waals surface area contributed by atoms with Gasteiger partial charge in [0.05, 0.1) is 12.2 Å². The van der Waals surface area contributed by atoms with Crippen molar-refractivity contribution in [1.29, 1.82) is 0 Å². The summed E-state index contributed by atoms with van der Waals surface area (Å²) in [6.07, 6.45) is -0.945. The monoisotopic (exact) mass is 322 g/mol. The van der Waals surface area contributed by atoms with Crippen LogP contribution in [0.1, 0.15) is 23.1 Å². The van der Waals surface area contributed by atoms with E-state index in [1.165, 1.54) is 6.92 Å². The molecule has 0 bridgehead atoms. The highest BCUT2D eigenvalue weighted by Crippen LogP contribution is 2.42. The number of phosphoric ester groups is 1. The lowest BCUT2D eigenvalue weighted by Crippen LogP contribution is -2.23. The van der Waals surface area contributed by atoms with Gasteiger partial charge in [-0.15, -0.1) is 0 Å². The molecule has 11 heteroatoms. The van der Waals surface area contributed by atoms with Crippen molar-refractivity contribution in [3.63, 3.8) is 0 Å². The lowest BCUT2D eigenvalue weighted by molar-refractivity contribution is -0.136. The summed E-state index contributed by atoms with van der Waals surface area (Å²) >= 11 is 0. The summed E-state index contributed by atoms with van der Waals surface area (Å²) < 4.78 is 14.8. The zero-order valence-corrected chi connectivity index (χ0v) is 11.8. The van der Waals surface area contributed by atoms with Crippen LogP contribution >= 0.6 is 7.82 Å². The SMILES string of the molecule is Cc1ncc(C(O)OP(=O)(O)O)c(CNCC(=O)O)c1O. The number of aliphatic carboxylic acids is 1. The number of aromatic hydroxyl groups is 1. The summed E-state index contributed by atoms with van der Waals surface area (Å²) in [5.74, 6) is -1.47. The van der Waals surface area contributed by atoms with Gasteiger partial charge in [0.2, 0.25) is 0 Å². The van der Waals surface area contributed by atoms with Crippen LogP contribution in [0.5, 0.6) is 5.75 Å². The van der Waals surface area contributed by atoms with E-state index >= 15 is 0 Å². The molecule has 0 aliphatic rings. The van der Waals surface area contributed by atoms with Gasteiger partial charge in [-0.05, 0) is 6.92 Å². The number of hydrogen-bond donors (Lipinski definition) is 6. The maximum absolute atomic E-state index is 10.7. The molecule has 0 fully saturated rings. The molecule has 1 heterocycles. The number of hydrogen-bond acceptors (Lipinski definition) is 7. The Hall–Kier alpha value is -1.55. The van der Waals surface area contributed by atoms with Crippen LogP contribution in [0.4, 0.5) is 0 Å². The molecular weight excluding hydrogens is 307 g/mol. The smallest absolute Gasteiger partial charge is 0.472 e. The van der Waals surface area contributed by atoms with Gasteiger partial charge in [-0.3, -0.25) is 14.3 Å². The quantitative estimate of drug-likeness (QED) is 0.280. The highest BCUT2D eigenvalue weighted by molar-refractivity contribution is 7.46. The van der Waals surface area contributed by atoms with Crippen LogP contribution in [0.2, 0.25) is 0 Å². The zero-order chi connectivity index (χ0) is 16.2. The van der Waals surface area contributed by atoms with Gasteiger partial charge in [-0.2, -0.15) is 0 Å². The summed E-state index contributed by atoms with van der Waals surface area (Å²) in [7, 11) is -4.95. The molecule has 0 saturated carbocycles. The third kappa shape index (κ3) is 5.38. The summed E-state index contributed by atoms with van der Waals surface area (Å²) in [4.78, 5) is 31.5. The number of carbonyl (C=O) groups is 1. The predicted octanol–water partition coefficient (Wildman–Crippen LogP) is -0.630. The minimum atomic E-state index is -4.95. The molecule has 0 amide bonds. The van der Waals surface area contributed by atoms with Crippen LogP contribution in [-0.2, 0) is 20.4 Å². The Balaban J connectivity index is 3.04. The summed E-state index contributed by atoms with van der Waals surface area (Å²) in [5.41, 5.74) is 0.0540. The molecule has 0 aliphatic carbocycles. The number of rotatable bonds is 7. The first kappa shape index (κ1) is 17.5. The van der Waals surface area contributed by atoms with E-state index in [1.54, 1.807) is 0 Å². The van der Waals surface area contributed by atoms with Crippen LogP contribution in [0.15, 0.2) is 6.20 Å². The largest absolute Gasteiger partial charge is 0.506 e. The maximum atomic E-state index is 10.7. The average molecular weight is 322 g/mol. The lowest BCUT2D eigenvalue weighted by Gasteiger charge is -2.18. The summed E-state index contributed by atoms with van der Waals surface area (Å²) in [6.45, 7) is 0.893. The van der Waals surface area contributed by atoms with E-state index in [4.69, 9.17) is 14.9 Å². The Kier molecular flexibility index (Phi) is 5.78. The number of aliphatic hydroxyl groups is 1. The standard InChI is InChI=1S/C10H15N2O8P/c1-5-9(15)6(2-11-4-8(13)14)7(3-12-5)10(16)20-21(17,18)19/h3,10-11,15-16H,2,4H2,1H3,(H,13,14)(H2,17,18,19). The Bertz CT molecular complexity index is 572. The topological polar surface area (TPSA) is 169 Å². The molecule has 1 unspecified atom stereocenters. The molecule has 10 nitrogen and oxygen atoms in total. The first-order valence-electron chi connectivity index (χ1n) is 5.63. The molecule has 1 aromatic heterocycles. The number of nitrogens with zero attached hydrogens (tertiary/aromatic N) is 1. The molecule has 0 spiro atoms. The van der Waals surface area contributed by atoms with Gasteiger partial charge < -0.3 is 30.4 Å². The fourth-order valence-corrected chi connectivity index (χ4v) is 1.91. The zero-order valence-electron chi connectivity index (χ0n) is 10.9. The second-order valence-electron chi connectivity index (χ2n) is 4.07. The van der Waals surface area contributed by atoms with Crippen molar-refractivity contribution in [3.05, 3.63) is 23.0 Å². The minimum absolute atomic E-state index is 0.0321. The van der Waals surface area contributed by atoms with Crippen molar-refractivity contribution in [2.45, 2.75) is 19.8 Å². The molecule has 0 saturated heterocycles. The molecule has 1 atom stereocenters. The van der Waals surface area contributed by atoms with E-state index in [9.17, 15) is 19.6 Å². The van der Waals surface area contributed by atoms with Crippen molar-refractivity contribution < 1.29 is 39.0 Å². The van der Waals surface area contributed by atoms with E-state index in [1.807, 2.05) is 0 Å². The van der Waals surface area contributed by atoms with Crippen molar-refractivity contribution in [2.75, 3.05) is 6.54 Å². The number of phosphoric acid groups is 1. The Morgan fingerprint density at radius 1 is 1.52 bits per heavy atom. The third-order valence-electron chi connectivity index (χ3n) is 2.46. The van der Waals surface area contributed by atoms with E-state index < -0.39 is 26.6 Å². The van der Waals surface area contributed by atoms with Gasteiger partial charge in [0, 0.05) is 23.9 Å². The van der Waals surface area contributed by atoms with Crippen LogP contribution in [0.3, 0.4) is 0 Å². The van der Waals surface area contributed by atoms with Gasteiger partial charge in [0.15, 0.2) is 6.29 Å². The van der Waals surface area contributed by atoms with Crippen molar-refractivity contribution in [1.82, 2.24) is 10.3 Å². The third-order valence-corrected chi connectivity index (χ3v) is 2.93. The fraction of sp³-hybridized carbons (Fsp3) is 0.400. The number of carboxylic acids is 1. The van der Waals surface area contributed by atoms with Gasteiger partial charge in [0.25, 0.3) is 0 Å². The van der Waals surface area contributed by atoms with Gasteiger partial charge in [-0.1, -0.05) is 0 Å². The van der Waals surface area contributed by atoms with Crippen LogP contribution in [0.25, 0.3) is 0 Å². The molecule has 1 rings (SSSR count). The van der Waals surface area contributed by atoms with Crippen molar-refractivity contribution in [2.24, 2.45) is 0 Å². The second kappa shape index (κ2) is 6.94. The summed E-state index contributed by atoms with van der Waals surface area (Å²) in [5, 5.41) is 30.5. The minimum Gasteiger partial charge on any atom is -0.506 e. The number of carboxylic acid groups (broad SMARTS) is 1. The van der Waals surface area contributed by atoms with Crippen LogP contribution in [0, 0.1) is 6.92 Å². The Morgan fingerprint density at radius 3 is 2.67 bits per heavy atom. The first-order chi connectivity index (χ1) is 9.61. The number of pyridine rings is 1. The number of nitrogens with one attached hydrogen (secondary N) is 1. The number of aromatic nitrogens is 1. The number of aliphatic hydroxyl groups excluding tert-OH is 1. The fourth-order valence-electron chi connectivity index (χ4n) is 1.54. The molecule has 6 N–H and O–H groups in total. The molecule has 118 valence electrons. The summed E-state index contributed by atoms with van der Waals surface area (Å²) in [6, 6.07) is 0. The molecule has 1 aromatic rings. The first-order valence-corrected chi connectivity index (χ1v) is 7.16. The predicted molar refractivity (Wildman–Crippen MR) is 68.1 cm³/mol. The molecule has 0 aliphatic heterocycles. The molecule has 21 heavy (non-hydrogen) atoms.